The van der Waals surface area contributed by atoms with Crippen molar-refractivity contribution in [1.82, 2.24) is 9.55 Å². The predicted octanol–water partition coefficient (Wildman–Crippen LogP) is 5.67. The number of allylic oxidation sites excluding steroid dienone is 2. The smallest absolute Gasteiger partial charge is 0.262 e. The molecule has 3 aromatic rings. The van der Waals surface area contributed by atoms with Gasteiger partial charge in [0.15, 0.2) is 5.16 Å². The Labute approximate surface area is 190 Å². The molecular weight excluding hydrogens is 430 g/mol. The first kappa shape index (κ1) is 21.7. The highest BCUT2D eigenvalue weighted by Gasteiger charge is 2.15. The van der Waals surface area contributed by atoms with Crippen molar-refractivity contribution in [3.8, 4) is 0 Å². The van der Waals surface area contributed by atoms with Crippen LogP contribution in [0.5, 0.6) is 0 Å². The standard InChI is InChI=1S/C24H24ClN3O2S/c25-19-11-5-7-13-21(19)26-22(29)16-31-24-27-20-12-6-4-10-18(20)23(30)28(24)15-14-17-8-2-1-3-9-17/h4-8,10-13H,1-3,9,14-16H2,(H,26,29). The van der Waals surface area contributed by atoms with E-state index in [9.17, 15) is 9.59 Å². The van der Waals surface area contributed by atoms with E-state index in [1.807, 2.05) is 30.3 Å². The highest BCUT2D eigenvalue weighted by atomic mass is 35.5. The van der Waals surface area contributed by atoms with Crippen molar-refractivity contribution in [2.45, 2.75) is 43.8 Å². The SMILES string of the molecule is O=C(CSc1nc2ccccc2c(=O)n1CCC1=CCCCC1)Nc1ccccc1Cl. The number of aromatic nitrogens is 2. The fraction of sp³-hybridized carbons (Fsp3) is 0.292. The highest BCUT2D eigenvalue weighted by Crippen LogP contribution is 2.24. The van der Waals surface area contributed by atoms with Gasteiger partial charge in [-0.2, -0.15) is 0 Å². The number of thioether (sulfide) groups is 1. The maximum absolute atomic E-state index is 13.2. The number of rotatable bonds is 7. The zero-order valence-corrected chi connectivity index (χ0v) is 18.7. The quantitative estimate of drug-likeness (QED) is 0.284. The third kappa shape index (κ3) is 5.38. The fourth-order valence-corrected chi connectivity index (χ4v) is 4.73. The van der Waals surface area contributed by atoms with Crippen molar-refractivity contribution in [1.29, 1.82) is 0 Å². The Hall–Kier alpha value is -2.57. The van der Waals surface area contributed by atoms with Crippen LogP contribution in [0.25, 0.3) is 10.9 Å². The van der Waals surface area contributed by atoms with Gasteiger partial charge in [0, 0.05) is 6.54 Å². The molecule has 0 fully saturated rings. The summed E-state index contributed by atoms with van der Waals surface area (Å²) in [4.78, 5) is 30.4. The fourth-order valence-electron chi connectivity index (χ4n) is 3.72. The van der Waals surface area contributed by atoms with Crippen molar-refractivity contribution in [2.24, 2.45) is 0 Å². The Balaban J connectivity index is 1.54. The molecule has 31 heavy (non-hydrogen) atoms. The second-order valence-electron chi connectivity index (χ2n) is 7.54. The number of hydrogen-bond acceptors (Lipinski definition) is 4. The summed E-state index contributed by atoms with van der Waals surface area (Å²) in [6.07, 6.45) is 7.79. The van der Waals surface area contributed by atoms with Crippen molar-refractivity contribution in [2.75, 3.05) is 11.1 Å². The second kappa shape index (κ2) is 10.2. The van der Waals surface area contributed by atoms with Gasteiger partial charge in [0.1, 0.15) is 0 Å². The lowest BCUT2D eigenvalue weighted by molar-refractivity contribution is -0.113. The minimum absolute atomic E-state index is 0.0592. The van der Waals surface area contributed by atoms with Gasteiger partial charge in [-0.05, 0) is 56.4 Å². The lowest BCUT2D eigenvalue weighted by Crippen LogP contribution is -2.24. The van der Waals surface area contributed by atoms with Crippen molar-refractivity contribution < 1.29 is 4.79 Å². The van der Waals surface area contributed by atoms with Crippen LogP contribution in [-0.4, -0.2) is 21.2 Å². The Kier molecular flexibility index (Phi) is 7.10. The van der Waals surface area contributed by atoms with Crippen LogP contribution in [0.4, 0.5) is 5.69 Å². The molecule has 0 atom stereocenters. The van der Waals surface area contributed by atoms with Crippen molar-refractivity contribution in [3.05, 3.63) is 75.6 Å². The number of halogens is 1. The van der Waals surface area contributed by atoms with Gasteiger partial charge in [-0.3, -0.25) is 14.2 Å². The Bertz CT molecular complexity index is 1190. The molecule has 0 spiro atoms. The summed E-state index contributed by atoms with van der Waals surface area (Å²) in [7, 11) is 0. The van der Waals surface area contributed by atoms with E-state index in [0.717, 1.165) is 19.3 Å². The van der Waals surface area contributed by atoms with Crippen molar-refractivity contribution >= 4 is 45.9 Å². The van der Waals surface area contributed by atoms with Crippen LogP contribution in [0.2, 0.25) is 5.02 Å². The topological polar surface area (TPSA) is 64.0 Å². The number of nitrogens with zero attached hydrogens (tertiary/aromatic N) is 2. The van der Waals surface area contributed by atoms with Gasteiger partial charge in [-0.25, -0.2) is 4.98 Å². The Morgan fingerprint density at radius 1 is 1.13 bits per heavy atom. The number of fused-ring (bicyclic) bond motifs is 1. The second-order valence-corrected chi connectivity index (χ2v) is 8.89. The molecule has 0 radical (unpaired) electrons. The Morgan fingerprint density at radius 3 is 2.74 bits per heavy atom. The predicted molar refractivity (Wildman–Crippen MR) is 128 cm³/mol. The van der Waals surface area contributed by atoms with E-state index in [2.05, 4.69) is 11.4 Å². The van der Waals surface area contributed by atoms with E-state index in [-0.39, 0.29) is 17.2 Å². The molecule has 0 bridgehead atoms. The number of para-hydroxylation sites is 2. The lowest BCUT2D eigenvalue weighted by atomic mass is 9.97. The van der Waals surface area contributed by atoms with E-state index in [1.165, 1.54) is 30.2 Å². The zero-order valence-electron chi connectivity index (χ0n) is 17.1. The Morgan fingerprint density at radius 2 is 1.94 bits per heavy atom. The van der Waals surface area contributed by atoms with E-state index < -0.39 is 0 Å². The maximum Gasteiger partial charge on any atom is 0.262 e. The van der Waals surface area contributed by atoms with E-state index in [0.29, 0.717) is 33.3 Å². The summed E-state index contributed by atoms with van der Waals surface area (Å²) in [5, 5.41) is 4.47. The number of nitrogens with one attached hydrogen (secondary N) is 1. The first-order valence-electron chi connectivity index (χ1n) is 10.5. The van der Waals surface area contributed by atoms with Gasteiger partial charge in [-0.15, -0.1) is 0 Å². The monoisotopic (exact) mass is 453 g/mol. The minimum Gasteiger partial charge on any atom is -0.324 e. The molecule has 1 aliphatic carbocycles. The summed E-state index contributed by atoms with van der Waals surface area (Å²) in [5.41, 5.74) is 2.56. The molecule has 5 nitrogen and oxygen atoms in total. The molecule has 4 rings (SSSR count). The van der Waals surface area contributed by atoms with Crippen LogP contribution in [0.1, 0.15) is 32.1 Å². The molecule has 0 aliphatic heterocycles. The number of carbonyl (C=O) groups is 1. The summed E-state index contributed by atoms with van der Waals surface area (Å²) in [5.74, 6) is -0.0550. The van der Waals surface area contributed by atoms with Gasteiger partial charge in [-0.1, -0.05) is 59.3 Å². The van der Waals surface area contributed by atoms with E-state index in [4.69, 9.17) is 16.6 Å². The van der Waals surface area contributed by atoms with Crippen LogP contribution in [0.3, 0.4) is 0 Å². The highest BCUT2D eigenvalue weighted by molar-refractivity contribution is 7.99. The minimum atomic E-state index is -0.193. The average molecular weight is 454 g/mol. The normalized spacial score (nSPS) is 13.8. The molecule has 1 N–H and O–H groups in total. The molecule has 0 saturated carbocycles. The molecule has 160 valence electrons. The zero-order chi connectivity index (χ0) is 21.6. The molecule has 0 unspecified atom stereocenters. The van der Waals surface area contributed by atoms with Crippen LogP contribution in [0, 0.1) is 0 Å². The van der Waals surface area contributed by atoms with Crippen LogP contribution >= 0.6 is 23.4 Å². The van der Waals surface area contributed by atoms with E-state index in [1.54, 1.807) is 22.8 Å². The number of amides is 1. The molecule has 1 heterocycles. The molecule has 7 heteroatoms. The third-order valence-electron chi connectivity index (χ3n) is 5.35. The van der Waals surface area contributed by atoms with E-state index >= 15 is 0 Å². The molecule has 1 aromatic heterocycles. The largest absolute Gasteiger partial charge is 0.324 e. The number of anilines is 1. The number of benzene rings is 2. The lowest BCUT2D eigenvalue weighted by Gasteiger charge is -2.16. The van der Waals surface area contributed by atoms with Gasteiger partial charge in [0.2, 0.25) is 5.91 Å². The first-order valence-corrected chi connectivity index (χ1v) is 11.8. The summed E-state index contributed by atoms with van der Waals surface area (Å²) in [6.45, 7) is 0.566. The molecule has 2 aromatic carbocycles. The first-order chi connectivity index (χ1) is 15.1. The summed E-state index contributed by atoms with van der Waals surface area (Å²) >= 11 is 7.40. The van der Waals surface area contributed by atoms with Gasteiger partial charge >= 0.3 is 0 Å². The summed E-state index contributed by atoms with van der Waals surface area (Å²) < 4.78 is 1.71. The van der Waals surface area contributed by atoms with Crippen molar-refractivity contribution in [3.63, 3.8) is 0 Å². The van der Waals surface area contributed by atoms with Crippen LogP contribution in [0.15, 0.2) is 70.1 Å². The molecular formula is C24H24ClN3O2S. The average Bonchev–Trinajstić information content (AvgIpc) is 2.79. The van der Waals surface area contributed by atoms with Crippen LogP contribution < -0.4 is 10.9 Å². The summed E-state index contributed by atoms with van der Waals surface area (Å²) in [6, 6.07) is 14.5. The van der Waals surface area contributed by atoms with Crippen LogP contribution in [-0.2, 0) is 11.3 Å². The molecule has 0 saturated heterocycles. The molecule has 1 amide bonds. The number of carbonyl (C=O) groups excluding carboxylic acids is 1. The van der Waals surface area contributed by atoms with Gasteiger partial charge < -0.3 is 5.32 Å². The third-order valence-corrected chi connectivity index (χ3v) is 6.65. The molecule has 1 aliphatic rings. The van der Waals surface area contributed by atoms with Gasteiger partial charge in [0.25, 0.3) is 5.56 Å². The number of hydrogen-bond donors (Lipinski definition) is 1. The maximum atomic E-state index is 13.2. The van der Waals surface area contributed by atoms with Gasteiger partial charge in [0.05, 0.1) is 27.4 Å².